The Balaban J connectivity index is 1.18. The third-order valence-electron chi connectivity index (χ3n) is 8.62. The van der Waals surface area contributed by atoms with Crippen molar-refractivity contribution in [3.8, 4) is 11.8 Å². The summed E-state index contributed by atoms with van der Waals surface area (Å²) in [5.74, 6) is 6.83. The van der Waals surface area contributed by atoms with Gasteiger partial charge in [0.2, 0.25) is 0 Å². The highest BCUT2D eigenvalue weighted by Crippen LogP contribution is 2.41. The van der Waals surface area contributed by atoms with Crippen molar-refractivity contribution in [3.05, 3.63) is 108 Å². The van der Waals surface area contributed by atoms with E-state index in [0.717, 1.165) is 11.1 Å². The van der Waals surface area contributed by atoms with Gasteiger partial charge in [0.1, 0.15) is 0 Å². The van der Waals surface area contributed by atoms with Crippen molar-refractivity contribution in [2.45, 2.75) is 51.9 Å². The maximum atomic E-state index is 3.43. The molecule has 0 spiro atoms. The predicted molar refractivity (Wildman–Crippen MR) is 180 cm³/mol. The Morgan fingerprint density at radius 3 is 2.07 bits per heavy atom. The van der Waals surface area contributed by atoms with E-state index >= 15 is 0 Å². The van der Waals surface area contributed by atoms with Gasteiger partial charge in [0.25, 0.3) is 0 Å². The van der Waals surface area contributed by atoms with Crippen molar-refractivity contribution in [2.75, 3.05) is 0 Å². The maximum Gasteiger partial charge on any atom is 0.0568 e. The summed E-state index contributed by atoms with van der Waals surface area (Å²) in [4.78, 5) is 0. The average molecular weight is 550 g/mol. The highest BCUT2D eigenvalue weighted by molar-refractivity contribution is 7.26. The fraction of sp³-hybridized carbons (Fsp3) is 0.231. The summed E-state index contributed by atoms with van der Waals surface area (Å²) in [7, 11) is 2.19. The molecule has 0 amide bonds. The molecule has 0 N–H and O–H groups in total. The number of benzene rings is 5. The first-order valence-corrected chi connectivity index (χ1v) is 15.9. The molecule has 7 aromatic rings. The van der Waals surface area contributed by atoms with Crippen LogP contribution in [0.1, 0.15) is 62.1 Å². The molecular weight excluding hydrogens is 515 g/mol. The van der Waals surface area contributed by atoms with E-state index in [2.05, 4.69) is 121 Å². The Hall–Kier alpha value is -4.06. The number of aryl methyl sites for hydroxylation is 2. The molecule has 0 radical (unpaired) electrons. The van der Waals surface area contributed by atoms with E-state index in [4.69, 9.17) is 0 Å². The molecule has 0 aliphatic carbocycles. The van der Waals surface area contributed by atoms with E-state index in [-0.39, 0.29) is 0 Å². The van der Waals surface area contributed by atoms with E-state index in [1.165, 1.54) is 103 Å². The molecule has 0 saturated heterocycles. The number of fused-ring (bicyclic) bond motifs is 9. The molecule has 2 aromatic heterocycles. The van der Waals surface area contributed by atoms with Crippen LogP contribution in [0.2, 0.25) is 0 Å². The van der Waals surface area contributed by atoms with Crippen molar-refractivity contribution in [1.29, 1.82) is 0 Å². The minimum atomic E-state index is 1.05. The van der Waals surface area contributed by atoms with Gasteiger partial charge in [0.15, 0.2) is 0 Å². The largest absolute Gasteiger partial charge is 0.343 e. The zero-order valence-corrected chi connectivity index (χ0v) is 24.8. The Morgan fingerprint density at radius 2 is 1.24 bits per heavy atom. The van der Waals surface area contributed by atoms with E-state index in [0.29, 0.717) is 0 Å². The molecule has 7 rings (SSSR count). The molecule has 0 atom stereocenters. The number of aromatic nitrogens is 1. The zero-order valence-electron chi connectivity index (χ0n) is 24.0. The van der Waals surface area contributed by atoms with Crippen LogP contribution < -0.4 is 0 Å². The van der Waals surface area contributed by atoms with Gasteiger partial charge in [-0.3, -0.25) is 0 Å². The monoisotopic (exact) mass is 549 g/mol. The summed E-state index contributed by atoms with van der Waals surface area (Å²) in [6, 6.07) is 33.5. The van der Waals surface area contributed by atoms with Crippen LogP contribution in [-0.2, 0) is 13.5 Å². The van der Waals surface area contributed by atoms with Gasteiger partial charge >= 0.3 is 0 Å². The van der Waals surface area contributed by atoms with E-state index in [9.17, 15) is 0 Å². The smallest absolute Gasteiger partial charge is 0.0568 e. The van der Waals surface area contributed by atoms with Crippen LogP contribution in [0.3, 0.4) is 0 Å². The van der Waals surface area contributed by atoms with Crippen LogP contribution in [-0.4, -0.2) is 4.57 Å². The van der Waals surface area contributed by atoms with Crippen molar-refractivity contribution >= 4 is 64.1 Å². The molecule has 0 aliphatic rings. The first-order valence-electron chi connectivity index (χ1n) is 15.1. The van der Waals surface area contributed by atoms with Gasteiger partial charge in [0.05, 0.1) is 11.0 Å². The number of thiophene rings is 1. The lowest BCUT2D eigenvalue weighted by Crippen LogP contribution is -1.89. The van der Waals surface area contributed by atoms with Crippen LogP contribution >= 0.6 is 11.3 Å². The standard InChI is InChI=1S/C39H35NS/c1-3-4-5-6-7-8-11-27-14-16-28(17-15-27)18-19-29-20-21-30-32-22-25-35-33(38(32)40(2)36(30)26-29)23-24-34-31-12-9-10-13-37(31)41-39(34)35/h9-10,12-17,20-26H,3-8,11H2,1-2H3. The number of hydrogen-bond donors (Lipinski definition) is 0. The summed E-state index contributed by atoms with van der Waals surface area (Å²) in [5, 5.41) is 7.93. The molecule has 0 saturated carbocycles. The van der Waals surface area contributed by atoms with Crippen molar-refractivity contribution in [3.63, 3.8) is 0 Å². The molecule has 202 valence electrons. The lowest BCUT2D eigenvalue weighted by atomic mass is 10.0. The lowest BCUT2D eigenvalue weighted by molar-refractivity contribution is 0.607. The Bertz CT molecular complexity index is 2090. The van der Waals surface area contributed by atoms with Crippen molar-refractivity contribution in [2.24, 2.45) is 7.05 Å². The topological polar surface area (TPSA) is 4.93 Å². The van der Waals surface area contributed by atoms with Crippen molar-refractivity contribution < 1.29 is 0 Å². The number of unbranched alkanes of at least 4 members (excludes halogenated alkanes) is 5. The van der Waals surface area contributed by atoms with Crippen LogP contribution in [0.5, 0.6) is 0 Å². The number of rotatable bonds is 7. The molecule has 0 unspecified atom stereocenters. The summed E-state index contributed by atoms with van der Waals surface area (Å²) < 4.78 is 5.08. The van der Waals surface area contributed by atoms with E-state index < -0.39 is 0 Å². The predicted octanol–water partition coefficient (Wildman–Crippen LogP) is 11.2. The molecule has 2 heteroatoms. The molecule has 0 aliphatic heterocycles. The van der Waals surface area contributed by atoms with Gasteiger partial charge in [-0.15, -0.1) is 11.3 Å². The van der Waals surface area contributed by atoms with Crippen LogP contribution in [0.25, 0.3) is 52.8 Å². The zero-order chi connectivity index (χ0) is 27.8. The second-order valence-electron chi connectivity index (χ2n) is 11.4. The van der Waals surface area contributed by atoms with Gasteiger partial charge in [0, 0.05) is 59.9 Å². The number of nitrogens with zero attached hydrogens (tertiary/aromatic N) is 1. The summed E-state index contributed by atoms with van der Waals surface area (Å²) in [6.45, 7) is 2.27. The quantitative estimate of drug-likeness (QED) is 0.138. The number of hydrogen-bond acceptors (Lipinski definition) is 1. The maximum absolute atomic E-state index is 3.43. The van der Waals surface area contributed by atoms with Crippen LogP contribution in [0, 0.1) is 11.8 Å². The van der Waals surface area contributed by atoms with Gasteiger partial charge < -0.3 is 4.57 Å². The highest BCUT2D eigenvalue weighted by atomic mass is 32.1. The second-order valence-corrected chi connectivity index (χ2v) is 12.4. The molecule has 2 heterocycles. The van der Waals surface area contributed by atoms with Gasteiger partial charge in [-0.1, -0.05) is 112 Å². The minimum Gasteiger partial charge on any atom is -0.343 e. The Kier molecular flexibility index (Phi) is 6.99. The summed E-state index contributed by atoms with van der Waals surface area (Å²) in [6.07, 6.45) is 9.21. The summed E-state index contributed by atoms with van der Waals surface area (Å²) in [5.41, 5.74) is 6.07. The van der Waals surface area contributed by atoms with Crippen LogP contribution in [0.15, 0.2) is 91.0 Å². The van der Waals surface area contributed by atoms with Crippen molar-refractivity contribution in [1.82, 2.24) is 4.57 Å². The minimum absolute atomic E-state index is 1.05. The first-order chi connectivity index (χ1) is 20.2. The fourth-order valence-electron chi connectivity index (χ4n) is 6.39. The molecule has 0 bridgehead atoms. The van der Waals surface area contributed by atoms with Crippen LogP contribution in [0.4, 0.5) is 0 Å². The third kappa shape index (κ3) is 4.79. The lowest BCUT2D eigenvalue weighted by Gasteiger charge is -2.05. The average Bonchev–Trinajstić information content (AvgIpc) is 3.53. The Labute approximate surface area is 246 Å². The van der Waals surface area contributed by atoms with E-state index in [1.807, 2.05) is 11.3 Å². The van der Waals surface area contributed by atoms with Gasteiger partial charge in [-0.2, -0.15) is 0 Å². The molecular formula is C39H35NS. The third-order valence-corrected chi connectivity index (χ3v) is 9.84. The molecule has 5 aromatic carbocycles. The molecule has 41 heavy (non-hydrogen) atoms. The fourth-order valence-corrected chi connectivity index (χ4v) is 7.63. The normalized spacial score (nSPS) is 11.7. The SMILES string of the molecule is CCCCCCCCc1ccc(C#Cc2ccc3c4ccc5c(ccc6c7ccccc7sc65)c4n(C)c3c2)cc1. The van der Waals surface area contributed by atoms with Gasteiger partial charge in [-0.05, 0) is 48.7 Å². The summed E-state index contributed by atoms with van der Waals surface area (Å²) >= 11 is 1.90. The highest BCUT2D eigenvalue weighted by Gasteiger charge is 2.15. The van der Waals surface area contributed by atoms with E-state index in [1.54, 1.807) is 0 Å². The Morgan fingerprint density at radius 1 is 0.610 bits per heavy atom. The second kappa shape index (κ2) is 11.1. The van der Waals surface area contributed by atoms with Gasteiger partial charge in [-0.25, -0.2) is 0 Å². The first kappa shape index (κ1) is 25.9. The molecule has 0 fully saturated rings. The molecule has 1 nitrogen and oxygen atoms in total.